The zero-order valence-electron chi connectivity index (χ0n) is 35.8. The van der Waals surface area contributed by atoms with Crippen LogP contribution in [-0.2, 0) is 85.3 Å². The average molecular weight is 914 g/mol. The third-order valence-electron chi connectivity index (χ3n) is 6.67. The first kappa shape index (κ1) is 57.3. The van der Waals surface area contributed by atoms with E-state index in [2.05, 4.69) is 15.9 Å². The molecular formula is C39H77BrO18. The van der Waals surface area contributed by atoms with Crippen molar-refractivity contribution in [2.24, 2.45) is 0 Å². The predicted octanol–water partition coefficient (Wildman–Crippen LogP) is 2.38. The molecule has 0 aliphatic rings. The fraction of sp³-hybridized carbons (Fsp3) is 0.974. The van der Waals surface area contributed by atoms with Crippen molar-refractivity contribution < 1.29 is 85.3 Å². The minimum Gasteiger partial charge on any atom is -0.460 e. The summed E-state index contributed by atoms with van der Waals surface area (Å²) in [7, 11) is 0. The molecule has 0 amide bonds. The van der Waals surface area contributed by atoms with E-state index >= 15 is 0 Å². The Kier molecular flexibility index (Phi) is 48.4. The highest BCUT2D eigenvalue weighted by Gasteiger charge is 2.15. The van der Waals surface area contributed by atoms with Gasteiger partial charge in [0.05, 0.1) is 218 Å². The highest BCUT2D eigenvalue weighted by atomic mass is 79.9. The van der Waals surface area contributed by atoms with Crippen molar-refractivity contribution in [3.05, 3.63) is 0 Å². The van der Waals surface area contributed by atoms with Gasteiger partial charge in [-0.25, -0.2) is 0 Å². The van der Waals surface area contributed by atoms with Gasteiger partial charge in [0, 0.05) is 5.33 Å². The lowest BCUT2D eigenvalue weighted by Crippen LogP contribution is -2.24. The van der Waals surface area contributed by atoms with Gasteiger partial charge in [0.2, 0.25) is 0 Å². The fourth-order valence-electron chi connectivity index (χ4n) is 4.00. The first-order valence-electron chi connectivity index (χ1n) is 20.5. The van der Waals surface area contributed by atoms with E-state index in [0.29, 0.717) is 211 Å². The van der Waals surface area contributed by atoms with Gasteiger partial charge < -0.3 is 80.5 Å². The molecule has 348 valence electrons. The second-order valence-electron chi connectivity index (χ2n) is 12.8. The normalized spacial score (nSPS) is 11.9. The minimum atomic E-state index is -0.478. The number of halogens is 1. The van der Waals surface area contributed by atoms with Gasteiger partial charge in [-0.3, -0.25) is 4.79 Å². The summed E-state index contributed by atoms with van der Waals surface area (Å²) in [6.45, 7) is 21.5. The molecule has 0 atom stereocenters. The van der Waals surface area contributed by atoms with E-state index in [4.69, 9.17) is 80.5 Å². The zero-order valence-corrected chi connectivity index (χ0v) is 37.4. The molecule has 58 heavy (non-hydrogen) atoms. The summed E-state index contributed by atoms with van der Waals surface area (Å²) in [5, 5.41) is 0.832. The Hall–Kier alpha value is -0.690. The summed E-state index contributed by atoms with van der Waals surface area (Å²) in [6, 6.07) is 0. The number of ether oxygens (including phenoxy) is 17. The molecule has 0 radical (unpaired) electrons. The Bertz CT molecular complexity index is 798. The van der Waals surface area contributed by atoms with E-state index in [1.54, 1.807) is 0 Å². The van der Waals surface area contributed by atoms with Gasteiger partial charge in [0.1, 0.15) is 5.60 Å². The molecule has 0 aromatic carbocycles. The third-order valence-corrected chi connectivity index (χ3v) is 7.00. The maximum absolute atomic E-state index is 11.6. The Morgan fingerprint density at radius 3 is 0.603 bits per heavy atom. The standard InChI is InChI=1S/C39H77BrO18/c1-39(2,3)58-38(41)4-6-42-8-10-44-12-14-46-16-18-48-20-22-50-24-26-52-28-30-54-32-34-56-36-37-57-35-33-55-31-29-53-27-25-51-23-21-49-19-17-47-15-13-45-11-9-43-7-5-40/h4-37H2,1-3H3. The van der Waals surface area contributed by atoms with Crippen molar-refractivity contribution in [1.82, 2.24) is 0 Å². The smallest absolute Gasteiger partial charge is 0.308 e. The number of esters is 1. The van der Waals surface area contributed by atoms with E-state index in [9.17, 15) is 4.79 Å². The van der Waals surface area contributed by atoms with Gasteiger partial charge in [0.15, 0.2) is 0 Å². The van der Waals surface area contributed by atoms with Crippen LogP contribution in [-0.4, -0.2) is 228 Å². The topological polar surface area (TPSA) is 174 Å². The summed E-state index contributed by atoms with van der Waals surface area (Å²) in [5.74, 6) is -0.268. The SMILES string of the molecule is CC(C)(C)OC(=O)CCOCCOCCOCCOCCOCCOCCOCCOCCOCCOCCOCCOCCOCCOCCOCCOCCBr. The molecule has 0 unspecified atom stereocenters. The quantitative estimate of drug-likeness (QED) is 0.0494. The summed E-state index contributed by atoms with van der Waals surface area (Å²) < 4.78 is 92.5. The van der Waals surface area contributed by atoms with E-state index in [-0.39, 0.29) is 12.4 Å². The molecule has 0 N–H and O–H groups in total. The van der Waals surface area contributed by atoms with Crippen LogP contribution in [0.15, 0.2) is 0 Å². The Labute approximate surface area is 356 Å². The highest BCUT2D eigenvalue weighted by molar-refractivity contribution is 9.09. The number of rotatable bonds is 50. The van der Waals surface area contributed by atoms with Crippen LogP contribution in [0.2, 0.25) is 0 Å². The van der Waals surface area contributed by atoms with Crippen molar-refractivity contribution in [1.29, 1.82) is 0 Å². The first-order valence-corrected chi connectivity index (χ1v) is 21.6. The average Bonchev–Trinajstić information content (AvgIpc) is 3.19. The molecule has 0 fully saturated rings. The van der Waals surface area contributed by atoms with E-state index in [0.717, 1.165) is 5.33 Å². The molecule has 0 spiro atoms. The minimum absolute atomic E-state index is 0.228. The van der Waals surface area contributed by atoms with Crippen LogP contribution in [0.4, 0.5) is 0 Å². The second kappa shape index (κ2) is 49.0. The lowest BCUT2D eigenvalue weighted by atomic mass is 10.2. The van der Waals surface area contributed by atoms with Crippen LogP contribution in [0.3, 0.4) is 0 Å². The molecule has 0 aromatic rings. The number of hydrogen-bond donors (Lipinski definition) is 0. The fourth-order valence-corrected chi connectivity index (χ4v) is 4.23. The first-order chi connectivity index (χ1) is 28.5. The highest BCUT2D eigenvalue weighted by Crippen LogP contribution is 2.08. The summed E-state index contributed by atoms with van der Waals surface area (Å²) in [6.07, 6.45) is 0.228. The van der Waals surface area contributed by atoms with Crippen LogP contribution in [0, 0.1) is 0 Å². The monoisotopic (exact) mass is 912 g/mol. The molecule has 19 heteroatoms. The van der Waals surface area contributed by atoms with Gasteiger partial charge in [-0.2, -0.15) is 0 Å². The zero-order chi connectivity index (χ0) is 42.1. The third kappa shape index (κ3) is 53.3. The van der Waals surface area contributed by atoms with Crippen LogP contribution < -0.4 is 0 Å². The largest absolute Gasteiger partial charge is 0.460 e. The lowest BCUT2D eigenvalue weighted by molar-refractivity contribution is -0.156. The van der Waals surface area contributed by atoms with Crippen LogP contribution >= 0.6 is 15.9 Å². The molecule has 0 aromatic heterocycles. The number of carbonyl (C=O) groups is 1. The van der Waals surface area contributed by atoms with Crippen LogP contribution in [0.25, 0.3) is 0 Å². The molecule has 0 saturated heterocycles. The van der Waals surface area contributed by atoms with E-state index in [1.807, 2.05) is 20.8 Å². The van der Waals surface area contributed by atoms with E-state index < -0.39 is 5.60 Å². The molecule has 0 rings (SSSR count). The Balaban J connectivity index is 3.09. The van der Waals surface area contributed by atoms with Gasteiger partial charge in [0.25, 0.3) is 0 Å². The molecule has 0 saturated carbocycles. The van der Waals surface area contributed by atoms with Crippen molar-refractivity contribution in [3.8, 4) is 0 Å². The number of hydrogen-bond acceptors (Lipinski definition) is 18. The summed E-state index contributed by atoms with van der Waals surface area (Å²) in [5.41, 5.74) is -0.478. The molecule has 18 nitrogen and oxygen atoms in total. The van der Waals surface area contributed by atoms with Gasteiger partial charge in [-0.05, 0) is 20.8 Å². The van der Waals surface area contributed by atoms with Crippen molar-refractivity contribution in [3.63, 3.8) is 0 Å². The van der Waals surface area contributed by atoms with Crippen molar-refractivity contribution in [2.45, 2.75) is 32.8 Å². The van der Waals surface area contributed by atoms with Gasteiger partial charge >= 0.3 is 5.97 Å². The summed E-state index contributed by atoms with van der Waals surface area (Å²) >= 11 is 3.30. The lowest BCUT2D eigenvalue weighted by Gasteiger charge is -2.19. The maximum atomic E-state index is 11.6. The van der Waals surface area contributed by atoms with E-state index in [1.165, 1.54) is 0 Å². The summed E-state index contributed by atoms with van der Waals surface area (Å²) in [4.78, 5) is 11.6. The molecule has 0 heterocycles. The van der Waals surface area contributed by atoms with Gasteiger partial charge in [-0.15, -0.1) is 0 Å². The number of carbonyl (C=O) groups excluding carboxylic acids is 1. The molecule has 0 aliphatic heterocycles. The van der Waals surface area contributed by atoms with Crippen molar-refractivity contribution in [2.75, 3.05) is 217 Å². The number of alkyl halides is 1. The van der Waals surface area contributed by atoms with Gasteiger partial charge in [-0.1, -0.05) is 15.9 Å². The van der Waals surface area contributed by atoms with Crippen LogP contribution in [0.5, 0.6) is 0 Å². The molecule has 0 aliphatic carbocycles. The molecule has 0 bridgehead atoms. The Morgan fingerprint density at radius 2 is 0.448 bits per heavy atom. The van der Waals surface area contributed by atoms with Crippen LogP contribution in [0.1, 0.15) is 27.2 Å². The second-order valence-corrected chi connectivity index (χ2v) is 13.6. The maximum Gasteiger partial charge on any atom is 0.308 e. The predicted molar refractivity (Wildman–Crippen MR) is 217 cm³/mol. The molecular weight excluding hydrogens is 836 g/mol. The Morgan fingerprint density at radius 1 is 0.293 bits per heavy atom. The van der Waals surface area contributed by atoms with Crippen molar-refractivity contribution >= 4 is 21.9 Å².